The number of hydrogen-bond acceptors (Lipinski definition) is 4. The summed E-state index contributed by atoms with van der Waals surface area (Å²) < 4.78 is 14.2. The molecule has 2 aromatic carbocycles. The largest absolute Gasteiger partial charge is 0.386 e. The first-order valence-electron chi connectivity index (χ1n) is 10.0. The van der Waals surface area contributed by atoms with Crippen molar-refractivity contribution < 1.29 is 19.1 Å². The van der Waals surface area contributed by atoms with E-state index in [1.807, 2.05) is 30.3 Å². The molecule has 1 aromatic heterocycles. The highest BCUT2D eigenvalue weighted by atomic mass is 32.1. The Bertz CT molecular complexity index is 1020. The quantitative estimate of drug-likeness (QED) is 0.653. The Hall–Kier alpha value is -2.77. The van der Waals surface area contributed by atoms with Crippen LogP contribution in [-0.2, 0) is 4.79 Å². The van der Waals surface area contributed by atoms with E-state index in [1.165, 1.54) is 35.6 Å². The van der Waals surface area contributed by atoms with E-state index in [0.717, 1.165) is 21.4 Å². The van der Waals surface area contributed by atoms with Crippen LogP contribution in [0.25, 0.3) is 10.1 Å². The van der Waals surface area contributed by atoms with E-state index < -0.39 is 6.10 Å². The lowest BCUT2D eigenvalue weighted by Crippen LogP contribution is -2.46. The summed E-state index contributed by atoms with van der Waals surface area (Å²) in [6.45, 7) is 1.03. The van der Waals surface area contributed by atoms with Crippen molar-refractivity contribution in [1.29, 1.82) is 0 Å². The summed E-state index contributed by atoms with van der Waals surface area (Å²) in [6, 6.07) is 15.3. The standard InChI is InChI=1S/C23H23FN2O3S/c24-18-9-7-15(8-10-18)23(29)26-11-3-5-17(14-26)22(28)25-13-19(27)21-12-16-4-1-2-6-20(16)30-21/h1-2,4,6-10,12,17,19,27H,3,5,11,13-14H2,(H,25,28)/t17-,19+/m0/s1. The third kappa shape index (κ3) is 4.52. The summed E-state index contributed by atoms with van der Waals surface area (Å²) in [6.07, 6.45) is 0.647. The topological polar surface area (TPSA) is 69.6 Å². The molecule has 2 N–H and O–H groups in total. The number of rotatable bonds is 5. The van der Waals surface area contributed by atoms with E-state index in [0.29, 0.717) is 25.1 Å². The van der Waals surface area contributed by atoms with Crippen molar-refractivity contribution in [3.8, 4) is 0 Å². The summed E-state index contributed by atoms with van der Waals surface area (Å²) in [7, 11) is 0. The third-order valence-corrected chi connectivity index (χ3v) is 6.63. The maximum absolute atomic E-state index is 13.1. The Morgan fingerprint density at radius 1 is 1.20 bits per heavy atom. The number of fused-ring (bicyclic) bond motifs is 1. The van der Waals surface area contributed by atoms with Crippen molar-refractivity contribution in [1.82, 2.24) is 10.2 Å². The molecular weight excluding hydrogens is 403 g/mol. The van der Waals surface area contributed by atoms with Gasteiger partial charge in [-0.25, -0.2) is 4.39 Å². The van der Waals surface area contributed by atoms with Gasteiger partial charge in [0.15, 0.2) is 0 Å². The van der Waals surface area contributed by atoms with E-state index in [4.69, 9.17) is 0 Å². The van der Waals surface area contributed by atoms with Crippen molar-refractivity contribution in [3.63, 3.8) is 0 Å². The molecule has 7 heteroatoms. The Morgan fingerprint density at radius 2 is 1.97 bits per heavy atom. The van der Waals surface area contributed by atoms with Gasteiger partial charge in [0.05, 0.1) is 5.92 Å². The average Bonchev–Trinajstić information content (AvgIpc) is 3.22. The number of aliphatic hydroxyl groups is 1. The molecule has 4 rings (SSSR count). The van der Waals surface area contributed by atoms with Gasteiger partial charge in [-0.1, -0.05) is 18.2 Å². The van der Waals surface area contributed by atoms with Crippen LogP contribution < -0.4 is 5.32 Å². The van der Waals surface area contributed by atoms with E-state index >= 15 is 0 Å². The van der Waals surface area contributed by atoms with Gasteiger partial charge in [-0.15, -0.1) is 11.3 Å². The summed E-state index contributed by atoms with van der Waals surface area (Å²) in [4.78, 5) is 27.8. The molecule has 2 heterocycles. The SMILES string of the molecule is O=C(NC[C@@H](O)c1cc2ccccc2s1)[C@H]1CCCN(C(=O)c2ccc(F)cc2)C1. The number of benzene rings is 2. The predicted octanol–water partition coefficient (Wildman–Crippen LogP) is 3.74. The number of amides is 2. The smallest absolute Gasteiger partial charge is 0.253 e. The maximum Gasteiger partial charge on any atom is 0.253 e. The van der Waals surface area contributed by atoms with E-state index in [1.54, 1.807) is 4.90 Å². The molecule has 0 aliphatic carbocycles. The number of piperidine rings is 1. The van der Waals surface area contributed by atoms with Gasteiger partial charge in [0.1, 0.15) is 11.9 Å². The van der Waals surface area contributed by atoms with Gasteiger partial charge in [-0.05, 0) is 54.6 Å². The van der Waals surface area contributed by atoms with Crippen molar-refractivity contribution in [2.75, 3.05) is 19.6 Å². The highest BCUT2D eigenvalue weighted by Gasteiger charge is 2.29. The number of aliphatic hydroxyl groups excluding tert-OH is 1. The van der Waals surface area contributed by atoms with Crippen LogP contribution in [-0.4, -0.2) is 41.5 Å². The fourth-order valence-corrected chi connectivity index (χ4v) is 4.81. The molecule has 0 bridgehead atoms. The zero-order valence-corrected chi connectivity index (χ0v) is 17.2. The van der Waals surface area contributed by atoms with Gasteiger partial charge in [-0.3, -0.25) is 9.59 Å². The Labute approximate surface area is 178 Å². The molecule has 0 unspecified atom stereocenters. The molecule has 0 saturated carbocycles. The number of carbonyl (C=O) groups excluding carboxylic acids is 2. The molecule has 0 spiro atoms. The number of carbonyl (C=O) groups is 2. The van der Waals surface area contributed by atoms with E-state index in [-0.39, 0.29) is 30.1 Å². The molecule has 3 aromatic rings. The Morgan fingerprint density at radius 3 is 2.73 bits per heavy atom. The number of nitrogens with zero attached hydrogens (tertiary/aromatic N) is 1. The fourth-order valence-electron chi connectivity index (χ4n) is 3.76. The van der Waals surface area contributed by atoms with Crippen LogP contribution >= 0.6 is 11.3 Å². The van der Waals surface area contributed by atoms with Crippen LogP contribution in [0.3, 0.4) is 0 Å². The van der Waals surface area contributed by atoms with Crippen LogP contribution in [0.2, 0.25) is 0 Å². The monoisotopic (exact) mass is 426 g/mol. The second kappa shape index (κ2) is 8.93. The van der Waals surface area contributed by atoms with Crippen molar-refractivity contribution in [3.05, 3.63) is 70.9 Å². The van der Waals surface area contributed by atoms with Crippen LogP contribution in [0.15, 0.2) is 54.6 Å². The molecule has 156 valence electrons. The number of thiophene rings is 1. The lowest BCUT2D eigenvalue weighted by atomic mass is 9.96. The third-order valence-electron chi connectivity index (χ3n) is 5.41. The molecule has 1 saturated heterocycles. The van der Waals surface area contributed by atoms with Gasteiger partial charge in [-0.2, -0.15) is 0 Å². The number of halogens is 1. The fraction of sp³-hybridized carbons (Fsp3) is 0.304. The van der Waals surface area contributed by atoms with Crippen LogP contribution in [0.1, 0.15) is 34.2 Å². The minimum absolute atomic E-state index is 0.133. The second-order valence-corrected chi connectivity index (χ2v) is 8.66. The van der Waals surface area contributed by atoms with Gasteiger partial charge >= 0.3 is 0 Å². The minimum Gasteiger partial charge on any atom is -0.386 e. The average molecular weight is 427 g/mol. The van der Waals surface area contributed by atoms with Crippen LogP contribution in [0.5, 0.6) is 0 Å². The first-order chi connectivity index (χ1) is 14.5. The first kappa shape index (κ1) is 20.5. The maximum atomic E-state index is 13.1. The Balaban J connectivity index is 1.33. The number of likely N-dealkylation sites (tertiary alicyclic amines) is 1. The van der Waals surface area contributed by atoms with Gasteiger partial charge < -0.3 is 15.3 Å². The second-order valence-electron chi connectivity index (χ2n) is 7.54. The normalized spacial score (nSPS) is 17.7. The first-order valence-corrected chi connectivity index (χ1v) is 10.8. The highest BCUT2D eigenvalue weighted by molar-refractivity contribution is 7.19. The molecule has 1 aliphatic rings. The minimum atomic E-state index is -0.771. The molecule has 30 heavy (non-hydrogen) atoms. The highest BCUT2D eigenvalue weighted by Crippen LogP contribution is 2.29. The molecule has 2 atom stereocenters. The van der Waals surface area contributed by atoms with E-state index in [2.05, 4.69) is 5.32 Å². The lowest BCUT2D eigenvalue weighted by Gasteiger charge is -2.32. The molecule has 1 fully saturated rings. The van der Waals surface area contributed by atoms with Crippen molar-refractivity contribution >= 4 is 33.2 Å². The van der Waals surface area contributed by atoms with Gasteiger partial charge in [0.2, 0.25) is 5.91 Å². The lowest BCUT2D eigenvalue weighted by molar-refractivity contribution is -0.126. The van der Waals surface area contributed by atoms with Gasteiger partial charge in [0.25, 0.3) is 5.91 Å². The molecule has 0 radical (unpaired) electrons. The zero-order chi connectivity index (χ0) is 21.1. The van der Waals surface area contributed by atoms with Crippen molar-refractivity contribution in [2.45, 2.75) is 18.9 Å². The summed E-state index contributed by atoms with van der Waals surface area (Å²) >= 11 is 1.51. The molecule has 5 nitrogen and oxygen atoms in total. The molecule has 1 aliphatic heterocycles. The number of nitrogens with one attached hydrogen (secondary N) is 1. The number of hydrogen-bond donors (Lipinski definition) is 2. The molecular formula is C23H23FN2O3S. The van der Waals surface area contributed by atoms with Crippen LogP contribution in [0.4, 0.5) is 4.39 Å². The predicted molar refractivity (Wildman–Crippen MR) is 115 cm³/mol. The summed E-state index contributed by atoms with van der Waals surface area (Å²) in [5.74, 6) is -1.07. The Kier molecular flexibility index (Phi) is 6.11. The van der Waals surface area contributed by atoms with E-state index in [9.17, 15) is 19.1 Å². The van der Waals surface area contributed by atoms with Gasteiger partial charge in [0, 0.05) is 34.8 Å². The summed E-state index contributed by atoms with van der Waals surface area (Å²) in [5, 5.41) is 14.4. The molecule has 2 amide bonds. The van der Waals surface area contributed by atoms with Crippen molar-refractivity contribution in [2.24, 2.45) is 5.92 Å². The zero-order valence-electron chi connectivity index (χ0n) is 16.4. The van der Waals surface area contributed by atoms with Crippen LogP contribution in [0, 0.1) is 11.7 Å². The summed E-state index contributed by atoms with van der Waals surface area (Å²) in [5.41, 5.74) is 0.414.